The molecule has 2 fully saturated rings. The Morgan fingerprint density at radius 2 is 1.80 bits per heavy atom. The van der Waals surface area contributed by atoms with Crippen molar-refractivity contribution in [2.24, 2.45) is 5.73 Å². The fraction of sp³-hybridized carbons (Fsp3) is 0.579. The van der Waals surface area contributed by atoms with Gasteiger partial charge in [0.15, 0.2) is 0 Å². The first-order valence-corrected chi connectivity index (χ1v) is 8.94. The molecular weight excluding hydrogens is 338 g/mol. The Balaban J connectivity index is 0.00000225. The molecule has 3 rings (SSSR count). The number of carbonyl (C=O) groups is 2. The predicted molar refractivity (Wildman–Crippen MR) is 101 cm³/mol. The van der Waals surface area contributed by atoms with Gasteiger partial charge in [-0.3, -0.25) is 9.59 Å². The molecule has 1 aliphatic heterocycles. The van der Waals surface area contributed by atoms with E-state index in [0.29, 0.717) is 18.5 Å². The standard InChI is InChI=1S/C19H27N3O2.ClH/c1-19(18(24)21-16-10-8-15(20)9-11-16)12-5-13-22(19)17(23)14-6-3-2-4-7-14;/h2-4,6-7,15-16H,5,8-13,20H2,1H3,(H,21,24);1H. The first-order chi connectivity index (χ1) is 11.5. The second-order valence-electron chi connectivity index (χ2n) is 7.29. The molecule has 1 saturated carbocycles. The first kappa shape index (κ1) is 19.7. The van der Waals surface area contributed by atoms with Gasteiger partial charge in [0.25, 0.3) is 5.91 Å². The lowest BCUT2D eigenvalue weighted by Gasteiger charge is -2.36. The normalized spacial score (nSPS) is 29.0. The Morgan fingerprint density at radius 1 is 1.16 bits per heavy atom. The van der Waals surface area contributed by atoms with E-state index in [-0.39, 0.29) is 36.3 Å². The predicted octanol–water partition coefficient (Wildman–Crippen LogP) is 2.49. The van der Waals surface area contributed by atoms with Gasteiger partial charge in [0.2, 0.25) is 5.91 Å². The van der Waals surface area contributed by atoms with Crippen molar-refractivity contribution in [1.29, 1.82) is 0 Å². The minimum atomic E-state index is -0.757. The Labute approximate surface area is 155 Å². The molecule has 1 heterocycles. The number of hydrogen-bond donors (Lipinski definition) is 2. The average Bonchev–Trinajstić information content (AvgIpc) is 3.00. The first-order valence-electron chi connectivity index (χ1n) is 8.94. The molecule has 2 amide bonds. The van der Waals surface area contributed by atoms with Crippen LogP contribution in [0, 0.1) is 0 Å². The zero-order valence-electron chi connectivity index (χ0n) is 14.7. The van der Waals surface area contributed by atoms with E-state index in [1.54, 1.807) is 4.90 Å². The maximum Gasteiger partial charge on any atom is 0.254 e. The average molecular weight is 366 g/mol. The van der Waals surface area contributed by atoms with Gasteiger partial charge in [-0.2, -0.15) is 0 Å². The number of nitrogens with one attached hydrogen (secondary N) is 1. The van der Waals surface area contributed by atoms with Crippen molar-refractivity contribution in [3.05, 3.63) is 35.9 Å². The summed E-state index contributed by atoms with van der Waals surface area (Å²) in [5.41, 5.74) is 5.82. The van der Waals surface area contributed by atoms with Gasteiger partial charge in [0, 0.05) is 24.2 Å². The fourth-order valence-corrected chi connectivity index (χ4v) is 3.87. The molecule has 0 aromatic heterocycles. The summed E-state index contributed by atoms with van der Waals surface area (Å²) in [7, 11) is 0. The molecule has 0 bridgehead atoms. The van der Waals surface area contributed by atoms with Gasteiger partial charge in [-0.15, -0.1) is 12.4 Å². The molecule has 5 nitrogen and oxygen atoms in total. The molecule has 2 aliphatic rings. The Bertz CT molecular complexity index is 602. The molecule has 1 aromatic carbocycles. The number of likely N-dealkylation sites (tertiary alicyclic amines) is 1. The van der Waals surface area contributed by atoms with Crippen molar-refractivity contribution in [1.82, 2.24) is 10.2 Å². The number of carbonyl (C=O) groups excluding carboxylic acids is 2. The molecule has 25 heavy (non-hydrogen) atoms. The van der Waals surface area contributed by atoms with Gasteiger partial charge in [-0.1, -0.05) is 18.2 Å². The molecule has 1 atom stereocenters. The van der Waals surface area contributed by atoms with Crippen molar-refractivity contribution in [2.75, 3.05) is 6.54 Å². The van der Waals surface area contributed by atoms with Gasteiger partial charge < -0.3 is 16.0 Å². The highest BCUT2D eigenvalue weighted by molar-refractivity contribution is 5.99. The van der Waals surface area contributed by atoms with Gasteiger partial charge in [-0.25, -0.2) is 0 Å². The molecule has 138 valence electrons. The highest BCUT2D eigenvalue weighted by Gasteiger charge is 2.46. The minimum absolute atomic E-state index is 0. The van der Waals surface area contributed by atoms with E-state index in [9.17, 15) is 9.59 Å². The zero-order chi connectivity index (χ0) is 17.2. The highest BCUT2D eigenvalue weighted by Crippen LogP contribution is 2.31. The number of nitrogens with two attached hydrogens (primary N) is 1. The van der Waals surface area contributed by atoms with Gasteiger partial charge in [0.05, 0.1) is 0 Å². The quantitative estimate of drug-likeness (QED) is 0.864. The van der Waals surface area contributed by atoms with E-state index >= 15 is 0 Å². The largest absolute Gasteiger partial charge is 0.351 e. The molecule has 0 spiro atoms. The van der Waals surface area contributed by atoms with Crippen LogP contribution >= 0.6 is 12.4 Å². The lowest BCUT2D eigenvalue weighted by Crippen LogP contribution is -2.57. The molecule has 1 unspecified atom stereocenters. The summed E-state index contributed by atoms with van der Waals surface area (Å²) in [6, 6.07) is 9.65. The van der Waals surface area contributed by atoms with E-state index < -0.39 is 5.54 Å². The number of nitrogens with zero attached hydrogens (tertiary/aromatic N) is 1. The highest BCUT2D eigenvalue weighted by atomic mass is 35.5. The Kier molecular flexibility index (Phi) is 6.47. The van der Waals surface area contributed by atoms with Crippen LogP contribution in [0.4, 0.5) is 0 Å². The third-order valence-electron chi connectivity index (χ3n) is 5.50. The molecular formula is C19H28ClN3O2. The number of rotatable bonds is 3. The smallest absolute Gasteiger partial charge is 0.254 e. The maximum absolute atomic E-state index is 12.9. The van der Waals surface area contributed by atoms with Crippen LogP contribution < -0.4 is 11.1 Å². The van der Waals surface area contributed by atoms with Crippen LogP contribution in [0.3, 0.4) is 0 Å². The van der Waals surface area contributed by atoms with Crippen LogP contribution in [0.5, 0.6) is 0 Å². The van der Waals surface area contributed by atoms with E-state index in [1.165, 1.54) is 0 Å². The SMILES string of the molecule is CC1(C(=O)NC2CCC(N)CC2)CCCN1C(=O)c1ccccc1.Cl. The number of hydrogen-bond acceptors (Lipinski definition) is 3. The van der Waals surface area contributed by atoms with Crippen LogP contribution in [0.15, 0.2) is 30.3 Å². The minimum Gasteiger partial charge on any atom is -0.351 e. The molecule has 1 saturated heterocycles. The summed E-state index contributed by atoms with van der Waals surface area (Å²) < 4.78 is 0. The van der Waals surface area contributed by atoms with Gasteiger partial charge in [0.1, 0.15) is 5.54 Å². The maximum atomic E-state index is 12.9. The van der Waals surface area contributed by atoms with Crippen molar-refractivity contribution in [3.8, 4) is 0 Å². The third kappa shape index (κ3) is 4.15. The van der Waals surface area contributed by atoms with Crippen molar-refractivity contribution in [3.63, 3.8) is 0 Å². The summed E-state index contributed by atoms with van der Waals surface area (Å²) in [5.74, 6) is -0.0823. The zero-order valence-corrected chi connectivity index (χ0v) is 15.6. The summed E-state index contributed by atoms with van der Waals surface area (Å²) in [6.45, 7) is 2.53. The molecule has 1 aromatic rings. The second-order valence-corrected chi connectivity index (χ2v) is 7.29. The van der Waals surface area contributed by atoms with Crippen LogP contribution in [-0.2, 0) is 4.79 Å². The van der Waals surface area contributed by atoms with Crippen molar-refractivity contribution in [2.45, 2.75) is 63.1 Å². The number of amides is 2. The van der Waals surface area contributed by atoms with Crippen molar-refractivity contribution >= 4 is 24.2 Å². The van der Waals surface area contributed by atoms with Crippen LogP contribution in [-0.4, -0.2) is 40.9 Å². The fourth-order valence-electron chi connectivity index (χ4n) is 3.87. The molecule has 6 heteroatoms. The van der Waals surface area contributed by atoms with Crippen LogP contribution in [0.2, 0.25) is 0 Å². The van der Waals surface area contributed by atoms with Gasteiger partial charge >= 0.3 is 0 Å². The summed E-state index contributed by atoms with van der Waals surface area (Å²) in [4.78, 5) is 27.5. The third-order valence-corrected chi connectivity index (χ3v) is 5.50. The molecule has 0 radical (unpaired) electrons. The van der Waals surface area contributed by atoms with E-state index in [1.807, 2.05) is 37.3 Å². The number of halogens is 1. The summed E-state index contributed by atoms with van der Waals surface area (Å²) in [6.07, 6.45) is 5.33. The molecule has 3 N–H and O–H groups in total. The monoisotopic (exact) mass is 365 g/mol. The van der Waals surface area contributed by atoms with Crippen LogP contribution in [0.1, 0.15) is 55.8 Å². The van der Waals surface area contributed by atoms with Gasteiger partial charge in [-0.05, 0) is 57.6 Å². The summed E-state index contributed by atoms with van der Waals surface area (Å²) in [5, 5.41) is 3.17. The summed E-state index contributed by atoms with van der Waals surface area (Å²) >= 11 is 0. The van der Waals surface area contributed by atoms with E-state index in [2.05, 4.69) is 5.32 Å². The Hall–Kier alpha value is -1.59. The number of benzene rings is 1. The van der Waals surface area contributed by atoms with E-state index in [4.69, 9.17) is 5.73 Å². The lowest BCUT2D eigenvalue weighted by molar-refractivity contribution is -0.130. The van der Waals surface area contributed by atoms with Crippen molar-refractivity contribution < 1.29 is 9.59 Å². The topological polar surface area (TPSA) is 75.4 Å². The molecule has 1 aliphatic carbocycles. The Morgan fingerprint density at radius 3 is 2.44 bits per heavy atom. The lowest BCUT2D eigenvalue weighted by atomic mass is 9.90. The van der Waals surface area contributed by atoms with E-state index in [0.717, 1.165) is 32.1 Å². The second kappa shape index (κ2) is 8.19. The van der Waals surface area contributed by atoms with Crippen LogP contribution in [0.25, 0.3) is 0 Å².